The first-order valence-corrected chi connectivity index (χ1v) is 7.51. The van der Waals surface area contributed by atoms with E-state index in [1.165, 1.54) is 24.3 Å². The van der Waals surface area contributed by atoms with Gasteiger partial charge in [0.1, 0.15) is 0 Å². The number of benzene rings is 1. The lowest BCUT2D eigenvalue weighted by Gasteiger charge is -2.07. The van der Waals surface area contributed by atoms with Crippen LogP contribution < -0.4 is 10.0 Å². The smallest absolute Gasteiger partial charge is 0.247 e. The Hall–Kier alpha value is -1.66. The second-order valence-corrected chi connectivity index (χ2v) is 5.74. The highest BCUT2D eigenvalue weighted by molar-refractivity contribution is 7.89. The van der Waals surface area contributed by atoms with E-state index in [9.17, 15) is 13.2 Å². The summed E-state index contributed by atoms with van der Waals surface area (Å²) in [5.41, 5.74) is 0.525. The molecule has 1 aromatic carbocycles. The van der Waals surface area contributed by atoms with Gasteiger partial charge in [-0.3, -0.25) is 4.79 Å². The topological polar surface area (TPSA) is 75.3 Å². The number of nitrogens with one attached hydrogen (secondary N) is 2. The lowest BCUT2D eigenvalue weighted by atomic mass is 10.3. The quantitative estimate of drug-likeness (QED) is 0.592. The average Bonchev–Trinajstić information content (AvgIpc) is 2.39. The van der Waals surface area contributed by atoms with E-state index in [4.69, 9.17) is 0 Å². The van der Waals surface area contributed by atoms with Gasteiger partial charge in [-0.05, 0) is 36.8 Å². The minimum Gasteiger partial charge on any atom is -0.323 e. The summed E-state index contributed by atoms with van der Waals surface area (Å²) in [7, 11) is -3.47. The average molecular weight is 282 g/mol. The number of hydrogen-bond donors (Lipinski definition) is 2. The number of sulfonamides is 1. The Labute approximate surface area is 113 Å². The highest BCUT2D eigenvalue weighted by atomic mass is 32.2. The molecular formula is C13H18N2O3S. The zero-order valence-corrected chi connectivity index (χ0v) is 11.7. The van der Waals surface area contributed by atoms with E-state index in [0.717, 1.165) is 18.9 Å². The van der Waals surface area contributed by atoms with Gasteiger partial charge in [-0.15, -0.1) is 0 Å². The molecule has 0 spiro atoms. The van der Waals surface area contributed by atoms with Crippen LogP contribution in [0.2, 0.25) is 0 Å². The van der Waals surface area contributed by atoms with Crippen molar-refractivity contribution in [1.82, 2.24) is 4.72 Å². The molecule has 0 atom stereocenters. The van der Waals surface area contributed by atoms with Crippen molar-refractivity contribution in [3.8, 4) is 0 Å². The lowest BCUT2D eigenvalue weighted by Crippen LogP contribution is -2.24. The third-order valence-corrected chi connectivity index (χ3v) is 3.92. The van der Waals surface area contributed by atoms with E-state index < -0.39 is 10.0 Å². The van der Waals surface area contributed by atoms with Gasteiger partial charge in [0.05, 0.1) is 4.90 Å². The summed E-state index contributed by atoms with van der Waals surface area (Å²) in [6.45, 7) is 5.75. The van der Waals surface area contributed by atoms with Crippen LogP contribution in [0.4, 0.5) is 5.69 Å². The zero-order chi connectivity index (χ0) is 14.3. The molecule has 0 aliphatic carbocycles. The first-order valence-electron chi connectivity index (χ1n) is 6.02. The normalized spacial score (nSPS) is 11.0. The van der Waals surface area contributed by atoms with Gasteiger partial charge in [-0.2, -0.15) is 0 Å². The molecule has 6 heteroatoms. The molecule has 1 amide bonds. The van der Waals surface area contributed by atoms with Crippen LogP contribution in [0, 0.1) is 0 Å². The van der Waals surface area contributed by atoms with Gasteiger partial charge < -0.3 is 5.32 Å². The predicted octanol–water partition coefficient (Wildman–Crippen LogP) is 1.89. The molecule has 0 aromatic heterocycles. The molecule has 0 fully saturated rings. The van der Waals surface area contributed by atoms with E-state index in [1.54, 1.807) is 0 Å². The molecule has 0 saturated heterocycles. The summed E-state index contributed by atoms with van der Waals surface area (Å²) in [5.74, 6) is -0.336. The molecule has 0 unspecified atom stereocenters. The van der Waals surface area contributed by atoms with Crippen molar-refractivity contribution in [2.45, 2.75) is 24.7 Å². The Kier molecular flexibility index (Phi) is 5.72. The molecule has 1 rings (SSSR count). The van der Waals surface area contributed by atoms with Crippen molar-refractivity contribution in [3.05, 3.63) is 36.9 Å². The molecule has 2 N–H and O–H groups in total. The summed E-state index contributed by atoms with van der Waals surface area (Å²) in [6.07, 6.45) is 2.87. The molecule has 0 bridgehead atoms. The summed E-state index contributed by atoms with van der Waals surface area (Å²) in [4.78, 5) is 11.3. The Bertz CT molecular complexity index is 536. The number of carbonyl (C=O) groups is 1. The van der Waals surface area contributed by atoms with Crippen LogP contribution in [0.5, 0.6) is 0 Å². The number of unbranched alkanes of at least 4 members (excludes halogenated alkanes) is 1. The van der Waals surface area contributed by atoms with Crippen LogP contribution in [-0.4, -0.2) is 20.9 Å². The van der Waals surface area contributed by atoms with Crippen LogP contribution in [0.25, 0.3) is 0 Å². The van der Waals surface area contributed by atoms with E-state index in [2.05, 4.69) is 16.6 Å². The fourth-order valence-electron chi connectivity index (χ4n) is 1.38. The lowest BCUT2D eigenvalue weighted by molar-refractivity contribution is -0.111. The van der Waals surface area contributed by atoms with E-state index in [1.807, 2.05) is 6.92 Å². The highest BCUT2D eigenvalue weighted by Gasteiger charge is 2.12. The third kappa shape index (κ3) is 4.84. The number of hydrogen-bond acceptors (Lipinski definition) is 3. The van der Waals surface area contributed by atoms with Gasteiger partial charge in [-0.1, -0.05) is 19.9 Å². The third-order valence-electron chi connectivity index (χ3n) is 2.44. The maximum Gasteiger partial charge on any atom is 0.247 e. The minimum atomic E-state index is -3.47. The van der Waals surface area contributed by atoms with Crippen LogP contribution in [-0.2, 0) is 14.8 Å². The monoisotopic (exact) mass is 282 g/mol. The van der Waals surface area contributed by atoms with Gasteiger partial charge in [0, 0.05) is 12.2 Å². The predicted molar refractivity (Wildman–Crippen MR) is 75.4 cm³/mol. The first kappa shape index (κ1) is 15.4. The van der Waals surface area contributed by atoms with Crippen LogP contribution in [0.1, 0.15) is 19.8 Å². The van der Waals surface area contributed by atoms with Crippen molar-refractivity contribution in [1.29, 1.82) is 0 Å². The highest BCUT2D eigenvalue weighted by Crippen LogP contribution is 2.14. The molecule has 19 heavy (non-hydrogen) atoms. The number of rotatable bonds is 7. The second-order valence-electron chi connectivity index (χ2n) is 3.97. The van der Waals surface area contributed by atoms with E-state index in [-0.39, 0.29) is 10.8 Å². The maximum absolute atomic E-state index is 11.9. The zero-order valence-electron chi connectivity index (χ0n) is 10.8. The Morgan fingerprint density at radius 2 is 1.95 bits per heavy atom. The van der Waals surface area contributed by atoms with Crippen molar-refractivity contribution in [2.24, 2.45) is 0 Å². The second kappa shape index (κ2) is 7.06. The fraction of sp³-hybridized carbons (Fsp3) is 0.308. The number of anilines is 1. The van der Waals surface area contributed by atoms with Crippen molar-refractivity contribution in [2.75, 3.05) is 11.9 Å². The van der Waals surface area contributed by atoms with Crippen molar-refractivity contribution in [3.63, 3.8) is 0 Å². The molecule has 5 nitrogen and oxygen atoms in total. The van der Waals surface area contributed by atoms with Gasteiger partial charge in [0.25, 0.3) is 0 Å². The van der Waals surface area contributed by atoms with Gasteiger partial charge in [0.2, 0.25) is 15.9 Å². The van der Waals surface area contributed by atoms with Gasteiger partial charge in [0.15, 0.2) is 0 Å². The van der Waals surface area contributed by atoms with Crippen molar-refractivity contribution < 1.29 is 13.2 Å². The van der Waals surface area contributed by atoms with Crippen LogP contribution in [0.3, 0.4) is 0 Å². The molecule has 104 valence electrons. The Morgan fingerprint density at radius 3 is 2.47 bits per heavy atom. The molecule has 0 aliphatic heterocycles. The molecule has 0 heterocycles. The maximum atomic E-state index is 11.9. The Balaban J connectivity index is 2.74. The summed E-state index contributed by atoms with van der Waals surface area (Å²) in [5, 5.41) is 2.55. The SMILES string of the molecule is C=CC(=O)Nc1ccc(S(=O)(=O)NCCCC)cc1. The van der Waals surface area contributed by atoms with Crippen LogP contribution >= 0.6 is 0 Å². The standard InChI is InChI=1S/C13H18N2O3S/c1-3-5-10-14-19(17,18)12-8-6-11(7-9-12)15-13(16)4-2/h4,6-9,14H,2-3,5,10H2,1H3,(H,15,16). The molecule has 0 aliphatic rings. The molecule has 1 aromatic rings. The summed E-state index contributed by atoms with van der Waals surface area (Å²) >= 11 is 0. The molecule has 0 saturated carbocycles. The molecular weight excluding hydrogens is 264 g/mol. The van der Waals surface area contributed by atoms with Gasteiger partial charge >= 0.3 is 0 Å². The molecule has 0 radical (unpaired) electrons. The largest absolute Gasteiger partial charge is 0.323 e. The van der Waals surface area contributed by atoms with E-state index in [0.29, 0.717) is 12.2 Å². The minimum absolute atomic E-state index is 0.181. The van der Waals surface area contributed by atoms with Crippen molar-refractivity contribution >= 4 is 21.6 Å². The van der Waals surface area contributed by atoms with Gasteiger partial charge in [-0.25, -0.2) is 13.1 Å². The summed E-state index contributed by atoms with van der Waals surface area (Å²) < 4.78 is 26.3. The number of amides is 1. The van der Waals surface area contributed by atoms with Crippen LogP contribution in [0.15, 0.2) is 41.8 Å². The Morgan fingerprint density at radius 1 is 1.32 bits per heavy atom. The van der Waals surface area contributed by atoms with E-state index >= 15 is 0 Å². The number of carbonyl (C=O) groups excluding carboxylic acids is 1. The summed E-state index contributed by atoms with van der Waals surface area (Å²) in [6, 6.07) is 5.98. The first-order chi connectivity index (χ1) is 8.99. The fourth-order valence-corrected chi connectivity index (χ4v) is 2.45.